The van der Waals surface area contributed by atoms with E-state index in [2.05, 4.69) is 5.32 Å². The summed E-state index contributed by atoms with van der Waals surface area (Å²) in [6.45, 7) is 1.11. The van der Waals surface area contributed by atoms with Crippen molar-refractivity contribution in [2.45, 2.75) is 31.7 Å². The van der Waals surface area contributed by atoms with E-state index >= 15 is 0 Å². The van der Waals surface area contributed by atoms with Gasteiger partial charge in [0, 0.05) is 6.04 Å². The summed E-state index contributed by atoms with van der Waals surface area (Å²) in [5, 5.41) is 4.20. The lowest BCUT2D eigenvalue weighted by Gasteiger charge is -2.24. The Bertz CT molecular complexity index is 403. The zero-order chi connectivity index (χ0) is 13.0. The van der Waals surface area contributed by atoms with E-state index in [1.165, 1.54) is 19.3 Å². The smallest absolute Gasteiger partial charge is 0.179 e. The molecule has 1 N–H and O–H groups in total. The van der Waals surface area contributed by atoms with Crippen LogP contribution in [0.25, 0.3) is 0 Å². The number of nitrogens with one attached hydrogen (secondary N) is 1. The molecule has 100 valence electrons. The normalized spacial score (nSPS) is 19.6. The van der Waals surface area contributed by atoms with E-state index in [9.17, 15) is 0 Å². The number of hydrogen-bond donors (Lipinski definition) is 1. The molecule has 0 spiro atoms. The fraction of sp³-hybridized carbons (Fsp3) is 0.571. The van der Waals surface area contributed by atoms with Gasteiger partial charge in [-0.05, 0) is 37.4 Å². The summed E-state index contributed by atoms with van der Waals surface area (Å²) in [5.41, 5.74) is 1.12. The van der Waals surface area contributed by atoms with Gasteiger partial charge < -0.3 is 14.8 Å². The average Bonchev–Trinajstić information content (AvgIpc) is 2.42. The molecular formula is C14H20ClNO2. The molecule has 0 aromatic heterocycles. The van der Waals surface area contributed by atoms with Crippen LogP contribution in [0.5, 0.6) is 11.5 Å². The zero-order valence-electron chi connectivity index (χ0n) is 11.0. The minimum absolute atomic E-state index is 0.523. The highest BCUT2D eigenvalue weighted by Crippen LogP contribution is 2.37. The number of methoxy groups -OCH3 is 2. The van der Waals surface area contributed by atoms with Gasteiger partial charge in [-0.2, -0.15) is 0 Å². The Balaban J connectivity index is 2.17. The van der Waals surface area contributed by atoms with E-state index < -0.39 is 0 Å². The number of ether oxygens (including phenoxy) is 2. The highest BCUT2D eigenvalue weighted by Gasteiger charge is 2.18. The van der Waals surface area contributed by atoms with Gasteiger partial charge in [-0.3, -0.25) is 0 Å². The molecule has 0 radical (unpaired) electrons. The predicted molar refractivity (Wildman–Crippen MR) is 73.9 cm³/mol. The van der Waals surface area contributed by atoms with E-state index in [1.807, 2.05) is 12.1 Å². The Kier molecular flexibility index (Phi) is 4.72. The molecule has 1 saturated heterocycles. The maximum absolute atomic E-state index is 6.38. The quantitative estimate of drug-likeness (QED) is 0.911. The highest BCUT2D eigenvalue weighted by molar-refractivity contribution is 6.33. The summed E-state index contributed by atoms with van der Waals surface area (Å²) in [4.78, 5) is 0. The van der Waals surface area contributed by atoms with Crippen molar-refractivity contribution in [3.63, 3.8) is 0 Å². The lowest BCUT2D eigenvalue weighted by atomic mass is 9.97. The van der Waals surface area contributed by atoms with Crippen LogP contribution in [0.15, 0.2) is 12.1 Å². The second-order valence-corrected chi connectivity index (χ2v) is 5.00. The van der Waals surface area contributed by atoms with Crippen LogP contribution >= 0.6 is 11.6 Å². The predicted octanol–water partition coefficient (Wildman–Crippen LogP) is 3.04. The van der Waals surface area contributed by atoms with Gasteiger partial charge >= 0.3 is 0 Å². The second kappa shape index (κ2) is 6.30. The van der Waals surface area contributed by atoms with Crippen LogP contribution in [0.4, 0.5) is 0 Å². The van der Waals surface area contributed by atoms with Crippen molar-refractivity contribution in [3.8, 4) is 11.5 Å². The van der Waals surface area contributed by atoms with Gasteiger partial charge in [0.1, 0.15) is 0 Å². The third kappa shape index (κ3) is 2.90. The SMILES string of the molecule is COc1ccc(CC2CCCCN2)c(Cl)c1OC. The molecule has 1 unspecified atom stereocenters. The molecule has 1 aliphatic heterocycles. The second-order valence-electron chi connectivity index (χ2n) is 4.63. The first kappa shape index (κ1) is 13.5. The van der Waals surface area contributed by atoms with Crippen molar-refractivity contribution in [3.05, 3.63) is 22.7 Å². The van der Waals surface area contributed by atoms with E-state index in [0.29, 0.717) is 22.6 Å². The average molecular weight is 270 g/mol. The van der Waals surface area contributed by atoms with Crippen molar-refractivity contribution in [2.24, 2.45) is 0 Å². The Labute approximate surface area is 113 Å². The monoisotopic (exact) mass is 269 g/mol. The summed E-state index contributed by atoms with van der Waals surface area (Å²) >= 11 is 6.38. The molecule has 1 heterocycles. The van der Waals surface area contributed by atoms with Crippen LogP contribution in [0, 0.1) is 0 Å². The summed E-state index contributed by atoms with van der Waals surface area (Å²) in [7, 11) is 3.24. The molecule has 1 aliphatic rings. The van der Waals surface area contributed by atoms with Gasteiger partial charge in [0.05, 0.1) is 19.2 Å². The summed E-state index contributed by atoms with van der Waals surface area (Å²) < 4.78 is 10.6. The Morgan fingerprint density at radius 2 is 2.11 bits per heavy atom. The van der Waals surface area contributed by atoms with Crippen molar-refractivity contribution in [2.75, 3.05) is 20.8 Å². The van der Waals surface area contributed by atoms with E-state index in [-0.39, 0.29) is 0 Å². The number of benzene rings is 1. The van der Waals surface area contributed by atoms with Gasteiger partial charge in [-0.1, -0.05) is 24.1 Å². The molecule has 1 fully saturated rings. The van der Waals surface area contributed by atoms with E-state index in [1.54, 1.807) is 14.2 Å². The van der Waals surface area contributed by atoms with Gasteiger partial charge in [0.25, 0.3) is 0 Å². The molecule has 0 saturated carbocycles. The van der Waals surface area contributed by atoms with Crippen LogP contribution in [-0.4, -0.2) is 26.8 Å². The van der Waals surface area contributed by atoms with Crippen molar-refractivity contribution < 1.29 is 9.47 Å². The van der Waals surface area contributed by atoms with Crippen LogP contribution in [0.3, 0.4) is 0 Å². The number of hydrogen-bond acceptors (Lipinski definition) is 3. The van der Waals surface area contributed by atoms with Gasteiger partial charge in [-0.15, -0.1) is 0 Å². The Morgan fingerprint density at radius 3 is 2.72 bits per heavy atom. The lowest BCUT2D eigenvalue weighted by Crippen LogP contribution is -2.35. The minimum Gasteiger partial charge on any atom is -0.493 e. The number of halogens is 1. The van der Waals surface area contributed by atoms with Crippen molar-refractivity contribution in [1.29, 1.82) is 0 Å². The number of piperidine rings is 1. The first-order valence-corrected chi connectivity index (χ1v) is 6.76. The first-order chi connectivity index (χ1) is 8.76. The van der Waals surface area contributed by atoms with E-state index in [4.69, 9.17) is 21.1 Å². The largest absolute Gasteiger partial charge is 0.493 e. The Hall–Kier alpha value is -0.930. The fourth-order valence-electron chi connectivity index (χ4n) is 2.45. The molecule has 1 atom stereocenters. The van der Waals surface area contributed by atoms with Gasteiger partial charge in [0.15, 0.2) is 11.5 Å². The van der Waals surface area contributed by atoms with E-state index in [0.717, 1.165) is 18.5 Å². The van der Waals surface area contributed by atoms with Crippen LogP contribution < -0.4 is 14.8 Å². The molecule has 0 aliphatic carbocycles. The molecule has 1 aromatic rings. The van der Waals surface area contributed by atoms with Crippen molar-refractivity contribution >= 4 is 11.6 Å². The fourth-order valence-corrected chi connectivity index (χ4v) is 2.76. The lowest BCUT2D eigenvalue weighted by molar-refractivity contribution is 0.353. The van der Waals surface area contributed by atoms with Crippen LogP contribution in [0.2, 0.25) is 5.02 Å². The summed E-state index contributed by atoms with van der Waals surface area (Å²) in [5.74, 6) is 1.32. The molecule has 1 aromatic carbocycles. The molecule has 4 heteroatoms. The zero-order valence-corrected chi connectivity index (χ0v) is 11.7. The van der Waals surface area contributed by atoms with Gasteiger partial charge in [0.2, 0.25) is 0 Å². The summed E-state index contributed by atoms with van der Waals surface area (Å²) in [6, 6.07) is 4.47. The number of rotatable bonds is 4. The molecular weight excluding hydrogens is 250 g/mol. The molecule has 2 rings (SSSR count). The topological polar surface area (TPSA) is 30.5 Å². The van der Waals surface area contributed by atoms with Crippen LogP contribution in [-0.2, 0) is 6.42 Å². The minimum atomic E-state index is 0.523. The standard InChI is InChI=1S/C14H20ClNO2/c1-17-12-7-6-10(13(15)14(12)18-2)9-11-5-3-4-8-16-11/h6-7,11,16H,3-5,8-9H2,1-2H3. The molecule has 0 amide bonds. The Morgan fingerprint density at radius 1 is 1.28 bits per heavy atom. The molecule has 0 bridgehead atoms. The third-order valence-corrected chi connectivity index (χ3v) is 3.86. The molecule has 18 heavy (non-hydrogen) atoms. The van der Waals surface area contributed by atoms with Crippen molar-refractivity contribution in [1.82, 2.24) is 5.32 Å². The highest BCUT2D eigenvalue weighted by atomic mass is 35.5. The third-order valence-electron chi connectivity index (χ3n) is 3.44. The maximum Gasteiger partial charge on any atom is 0.179 e. The first-order valence-electron chi connectivity index (χ1n) is 6.39. The molecule has 3 nitrogen and oxygen atoms in total. The maximum atomic E-state index is 6.38. The van der Waals surface area contributed by atoms with Crippen LogP contribution in [0.1, 0.15) is 24.8 Å². The summed E-state index contributed by atoms with van der Waals surface area (Å²) in [6.07, 6.45) is 4.72. The van der Waals surface area contributed by atoms with Gasteiger partial charge in [-0.25, -0.2) is 0 Å².